The maximum absolute atomic E-state index is 12.1. The fourth-order valence-corrected chi connectivity index (χ4v) is 3.72. The molecule has 1 aromatic carbocycles. The second-order valence-corrected chi connectivity index (χ2v) is 8.01. The lowest BCUT2D eigenvalue weighted by molar-refractivity contribution is 0.0979. The Labute approximate surface area is 166 Å². The van der Waals surface area contributed by atoms with Crippen LogP contribution >= 0.6 is 11.6 Å². The molecule has 0 saturated carbocycles. The molecule has 0 bridgehead atoms. The van der Waals surface area contributed by atoms with E-state index < -0.39 is 0 Å². The fourth-order valence-electron chi connectivity index (χ4n) is 3.48. The van der Waals surface area contributed by atoms with Gasteiger partial charge in [0.25, 0.3) is 0 Å². The van der Waals surface area contributed by atoms with Gasteiger partial charge in [0.15, 0.2) is 5.78 Å². The number of rotatable bonds is 17. The van der Waals surface area contributed by atoms with Gasteiger partial charge in [-0.1, -0.05) is 121 Å². The summed E-state index contributed by atoms with van der Waals surface area (Å²) in [6.07, 6.45) is 20.8. The minimum Gasteiger partial charge on any atom is -0.294 e. The molecule has 0 heterocycles. The molecule has 0 unspecified atom stereocenters. The van der Waals surface area contributed by atoms with Gasteiger partial charge >= 0.3 is 0 Å². The summed E-state index contributed by atoms with van der Waals surface area (Å²) in [6, 6.07) is 7.37. The largest absolute Gasteiger partial charge is 0.294 e. The second kappa shape index (κ2) is 16.4. The zero-order chi connectivity index (χ0) is 18.9. The molecule has 0 aliphatic rings. The number of halogens is 1. The minimum atomic E-state index is 0.185. The first-order valence-electron chi connectivity index (χ1n) is 11.0. The Balaban J connectivity index is 1.84. The Morgan fingerprint density at radius 1 is 0.692 bits per heavy atom. The molecule has 0 N–H and O–H groups in total. The van der Waals surface area contributed by atoms with Crippen molar-refractivity contribution in [2.24, 2.45) is 0 Å². The lowest BCUT2D eigenvalue weighted by atomic mass is 10.0. The summed E-state index contributed by atoms with van der Waals surface area (Å²) in [6.45, 7) is 2.28. The molecule has 0 aliphatic heterocycles. The summed E-state index contributed by atoms with van der Waals surface area (Å²) in [5, 5.41) is 0.582. The molecule has 0 fully saturated rings. The van der Waals surface area contributed by atoms with Crippen molar-refractivity contribution >= 4 is 17.4 Å². The van der Waals surface area contributed by atoms with Crippen LogP contribution in [-0.4, -0.2) is 5.78 Å². The summed E-state index contributed by atoms with van der Waals surface area (Å²) in [5.74, 6) is 0.185. The zero-order valence-corrected chi connectivity index (χ0v) is 17.7. The molecule has 0 radical (unpaired) electrons. The third kappa shape index (κ3) is 11.7. The molecule has 26 heavy (non-hydrogen) atoms. The van der Waals surface area contributed by atoms with E-state index in [4.69, 9.17) is 11.6 Å². The van der Waals surface area contributed by atoms with Gasteiger partial charge in [-0.25, -0.2) is 0 Å². The molecule has 1 aromatic rings. The molecule has 148 valence electrons. The van der Waals surface area contributed by atoms with Crippen molar-refractivity contribution in [3.05, 3.63) is 34.9 Å². The third-order valence-corrected chi connectivity index (χ3v) is 5.51. The quantitative estimate of drug-likeness (QED) is 0.195. The van der Waals surface area contributed by atoms with Crippen LogP contribution in [0.1, 0.15) is 120 Å². The highest BCUT2D eigenvalue weighted by Crippen LogP contribution is 2.19. The molecule has 0 amide bonds. The molecular formula is C24H39ClO. The zero-order valence-electron chi connectivity index (χ0n) is 16.9. The summed E-state index contributed by atoms with van der Waals surface area (Å²) >= 11 is 6.07. The maximum Gasteiger partial charge on any atom is 0.164 e. The first kappa shape index (κ1) is 23.2. The van der Waals surface area contributed by atoms with Crippen LogP contribution in [0.5, 0.6) is 0 Å². The van der Waals surface area contributed by atoms with E-state index in [9.17, 15) is 4.79 Å². The Morgan fingerprint density at radius 3 is 1.58 bits per heavy atom. The first-order chi connectivity index (χ1) is 12.8. The Kier molecular flexibility index (Phi) is 14.6. The minimum absolute atomic E-state index is 0.185. The van der Waals surface area contributed by atoms with E-state index in [2.05, 4.69) is 6.92 Å². The molecule has 0 atom stereocenters. The number of unbranched alkanes of at least 4 members (excludes halogenated alkanes) is 14. The topological polar surface area (TPSA) is 17.1 Å². The summed E-state index contributed by atoms with van der Waals surface area (Å²) in [4.78, 5) is 12.1. The van der Waals surface area contributed by atoms with Gasteiger partial charge in [-0.3, -0.25) is 4.79 Å². The van der Waals surface area contributed by atoms with Crippen molar-refractivity contribution in [1.82, 2.24) is 0 Å². The lowest BCUT2D eigenvalue weighted by Crippen LogP contribution is -1.99. The van der Waals surface area contributed by atoms with Gasteiger partial charge in [-0.2, -0.15) is 0 Å². The Morgan fingerprint density at radius 2 is 1.12 bits per heavy atom. The summed E-state index contributed by atoms with van der Waals surface area (Å²) < 4.78 is 0. The second-order valence-electron chi connectivity index (χ2n) is 7.60. The van der Waals surface area contributed by atoms with Crippen LogP contribution < -0.4 is 0 Å². The summed E-state index contributed by atoms with van der Waals surface area (Å²) in [7, 11) is 0. The van der Waals surface area contributed by atoms with E-state index in [1.165, 1.54) is 83.5 Å². The van der Waals surface area contributed by atoms with E-state index >= 15 is 0 Å². The average molecular weight is 379 g/mol. The van der Waals surface area contributed by atoms with Gasteiger partial charge in [0.05, 0.1) is 5.02 Å². The Hall–Kier alpha value is -0.820. The van der Waals surface area contributed by atoms with Crippen molar-refractivity contribution in [3.63, 3.8) is 0 Å². The number of ketones is 1. The van der Waals surface area contributed by atoms with Gasteiger partial charge < -0.3 is 0 Å². The maximum atomic E-state index is 12.1. The van der Waals surface area contributed by atoms with Gasteiger partial charge in [0.1, 0.15) is 0 Å². The van der Waals surface area contributed by atoms with Crippen molar-refractivity contribution in [2.75, 3.05) is 0 Å². The molecule has 0 aliphatic carbocycles. The highest BCUT2D eigenvalue weighted by molar-refractivity contribution is 6.33. The standard InChI is InChI=1S/C24H39ClO/c1-2-3-4-5-6-7-8-9-10-11-12-13-14-15-16-21-24(26)22-19-17-18-20-23(22)25/h17-20H,2-16,21H2,1H3. The normalized spacial score (nSPS) is 11.0. The van der Waals surface area contributed by atoms with E-state index in [1.807, 2.05) is 18.2 Å². The highest BCUT2D eigenvalue weighted by Gasteiger charge is 2.08. The third-order valence-electron chi connectivity index (χ3n) is 5.18. The molecule has 0 spiro atoms. The van der Waals surface area contributed by atoms with Crippen molar-refractivity contribution in [1.29, 1.82) is 0 Å². The van der Waals surface area contributed by atoms with E-state index in [1.54, 1.807) is 6.07 Å². The SMILES string of the molecule is CCCCCCCCCCCCCCCCCC(=O)c1ccccc1Cl. The molecule has 0 aromatic heterocycles. The Bertz CT molecular complexity index is 469. The van der Waals surface area contributed by atoms with Gasteiger partial charge in [0, 0.05) is 12.0 Å². The number of carbonyl (C=O) groups excluding carboxylic acids is 1. The van der Waals surface area contributed by atoms with Gasteiger partial charge in [0.2, 0.25) is 0 Å². The van der Waals surface area contributed by atoms with Crippen molar-refractivity contribution in [2.45, 2.75) is 110 Å². The smallest absolute Gasteiger partial charge is 0.164 e. The van der Waals surface area contributed by atoms with Gasteiger partial charge in [-0.05, 0) is 18.6 Å². The number of Topliss-reactive ketones (excluding diaryl/α,β-unsaturated/α-hetero) is 1. The van der Waals surface area contributed by atoms with Crippen LogP contribution in [0.15, 0.2) is 24.3 Å². The van der Waals surface area contributed by atoms with Crippen LogP contribution in [0.25, 0.3) is 0 Å². The lowest BCUT2D eigenvalue weighted by Gasteiger charge is -2.04. The van der Waals surface area contributed by atoms with E-state index in [0.29, 0.717) is 17.0 Å². The first-order valence-corrected chi connectivity index (χ1v) is 11.4. The van der Waals surface area contributed by atoms with Crippen LogP contribution in [-0.2, 0) is 0 Å². The fraction of sp³-hybridized carbons (Fsp3) is 0.708. The van der Waals surface area contributed by atoms with E-state index in [-0.39, 0.29) is 5.78 Å². The highest BCUT2D eigenvalue weighted by atomic mass is 35.5. The van der Waals surface area contributed by atoms with Crippen LogP contribution in [0.3, 0.4) is 0 Å². The predicted octanol–water partition coefficient (Wildman–Crippen LogP) is 8.78. The van der Waals surface area contributed by atoms with Crippen molar-refractivity contribution < 1.29 is 4.79 Å². The molecule has 0 saturated heterocycles. The number of benzene rings is 1. The summed E-state index contributed by atoms with van der Waals surface area (Å²) in [5.41, 5.74) is 0.680. The molecule has 1 nitrogen and oxygen atoms in total. The van der Waals surface area contributed by atoms with E-state index in [0.717, 1.165) is 12.8 Å². The average Bonchev–Trinajstić information content (AvgIpc) is 2.65. The molecular weight excluding hydrogens is 340 g/mol. The van der Waals surface area contributed by atoms with Gasteiger partial charge in [-0.15, -0.1) is 0 Å². The van der Waals surface area contributed by atoms with Crippen LogP contribution in [0, 0.1) is 0 Å². The number of hydrogen-bond acceptors (Lipinski definition) is 1. The number of hydrogen-bond donors (Lipinski definition) is 0. The molecule has 1 rings (SSSR count). The molecule has 2 heteroatoms. The van der Waals surface area contributed by atoms with Crippen molar-refractivity contribution in [3.8, 4) is 0 Å². The predicted molar refractivity (Wildman–Crippen MR) is 115 cm³/mol. The van der Waals surface area contributed by atoms with Crippen LogP contribution in [0.4, 0.5) is 0 Å². The number of carbonyl (C=O) groups is 1. The van der Waals surface area contributed by atoms with Crippen LogP contribution in [0.2, 0.25) is 5.02 Å². The monoisotopic (exact) mass is 378 g/mol.